The molecule has 0 aromatic carbocycles. The number of nitrogens with one attached hydrogen (secondary N) is 1. The van der Waals surface area contributed by atoms with Gasteiger partial charge >= 0.3 is 0 Å². The number of likely N-dealkylation sites (tertiary alicyclic amines) is 1. The van der Waals surface area contributed by atoms with Crippen molar-refractivity contribution >= 4 is 23.3 Å². The zero-order chi connectivity index (χ0) is 12.1. The van der Waals surface area contributed by atoms with Crippen molar-refractivity contribution in [3.05, 3.63) is 17.5 Å². The van der Waals surface area contributed by atoms with Crippen LogP contribution in [-0.2, 0) is 4.79 Å². The summed E-state index contributed by atoms with van der Waals surface area (Å²) < 4.78 is 0. The van der Waals surface area contributed by atoms with Gasteiger partial charge in [-0.1, -0.05) is 11.6 Å². The molecule has 1 fully saturated rings. The molecule has 1 aliphatic heterocycles. The smallest absolute Gasteiger partial charge is 0.224 e. The van der Waals surface area contributed by atoms with Crippen LogP contribution in [0, 0.1) is 0 Å². The van der Waals surface area contributed by atoms with Crippen molar-refractivity contribution in [2.75, 3.05) is 25.0 Å². The van der Waals surface area contributed by atoms with Gasteiger partial charge < -0.3 is 10.2 Å². The van der Waals surface area contributed by atoms with Crippen molar-refractivity contribution < 1.29 is 4.79 Å². The van der Waals surface area contributed by atoms with Gasteiger partial charge in [-0.25, -0.2) is 9.97 Å². The maximum absolute atomic E-state index is 11.7. The third kappa shape index (κ3) is 3.30. The molecule has 17 heavy (non-hydrogen) atoms. The molecule has 1 aromatic heterocycles. The summed E-state index contributed by atoms with van der Waals surface area (Å²) in [7, 11) is 0. The number of aromatic nitrogens is 2. The van der Waals surface area contributed by atoms with Crippen LogP contribution >= 0.6 is 11.6 Å². The molecule has 0 radical (unpaired) electrons. The number of carbonyl (C=O) groups is 1. The predicted octanol–water partition coefficient (Wildman–Crippen LogP) is 1.55. The van der Waals surface area contributed by atoms with E-state index in [0.717, 1.165) is 25.9 Å². The van der Waals surface area contributed by atoms with Crippen molar-refractivity contribution in [3.8, 4) is 0 Å². The SMILES string of the molecule is O=C(CCNc1ncncc1Cl)N1CCCC1. The summed E-state index contributed by atoms with van der Waals surface area (Å²) in [6.45, 7) is 2.34. The molecule has 1 amide bonds. The minimum absolute atomic E-state index is 0.195. The van der Waals surface area contributed by atoms with E-state index in [-0.39, 0.29) is 5.91 Å². The van der Waals surface area contributed by atoms with E-state index >= 15 is 0 Å². The van der Waals surface area contributed by atoms with Gasteiger partial charge in [0.25, 0.3) is 0 Å². The number of halogens is 1. The van der Waals surface area contributed by atoms with Crippen molar-refractivity contribution in [1.82, 2.24) is 14.9 Å². The van der Waals surface area contributed by atoms with Crippen molar-refractivity contribution in [2.24, 2.45) is 0 Å². The van der Waals surface area contributed by atoms with Gasteiger partial charge in [-0.3, -0.25) is 4.79 Å². The zero-order valence-corrected chi connectivity index (χ0v) is 10.3. The van der Waals surface area contributed by atoms with Gasteiger partial charge in [-0.15, -0.1) is 0 Å². The number of hydrogen-bond donors (Lipinski definition) is 1. The predicted molar refractivity (Wildman–Crippen MR) is 66.0 cm³/mol. The Kier molecular flexibility index (Phi) is 4.14. The molecule has 5 nitrogen and oxygen atoms in total. The number of amides is 1. The summed E-state index contributed by atoms with van der Waals surface area (Å²) in [5, 5.41) is 3.51. The zero-order valence-electron chi connectivity index (χ0n) is 9.53. The van der Waals surface area contributed by atoms with Crippen LogP contribution < -0.4 is 5.32 Å². The van der Waals surface area contributed by atoms with E-state index in [2.05, 4.69) is 15.3 Å². The van der Waals surface area contributed by atoms with Crippen molar-refractivity contribution in [1.29, 1.82) is 0 Å². The van der Waals surface area contributed by atoms with Crippen LogP contribution in [0.25, 0.3) is 0 Å². The Hall–Kier alpha value is -1.36. The van der Waals surface area contributed by atoms with Gasteiger partial charge in [0, 0.05) is 26.1 Å². The molecule has 1 aromatic rings. The summed E-state index contributed by atoms with van der Waals surface area (Å²) in [6.07, 6.45) is 5.67. The fourth-order valence-electron chi connectivity index (χ4n) is 1.86. The van der Waals surface area contributed by atoms with E-state index in [1.54, 1.807) is 0 Å². The van der Waals surface area contributed by atoms with Crippen LogP contribution in [0.5, 0.6) is 0 Å². The molecule has 6 heteroatoms. The number of anilines is 1. The number of rotatable bonds is 4. The molecule has 92 valence electrons. The molecule has 0 spiro atoms. The summed E-state index contributed by atoms with van der Waals surface area (Å²) in [4.78, 5) is 21.4. The Bertz CT molecular complexity index is 393. The second-order valence-electron chi connectivity index (χ2n) is 3.98. The van der Waals surface area contributed by atoms with Gasteiger partial charge in [0.1, 0.15) is 17.2 Å². The Labute approximate surface area is 105 Å². The first-order chi connectivity index (χ1) is 8.27. The molecule has 1 N–H and O–H groups in total. The van der Waals surface area contributed by atoms with E-state index < -0.39 is 0 Å². The van der Waals surface area contributed by atoms with Crippen LogP contribution in [0.1, 0.15) is 19.3 Å². The van der Waals surface area contributed by atoms with Gasteiger partial charge in [0.05, 0.1) is 6.20 Å². The number of carbonyl (C=O) groups excluding carboxylic acids is 1. The summed E-state index contributed by atoms with van der Waals surface area (Å²) in [5.74, 6) is 0.774. The van der Waals surface area contributed by atoms with Crippen molar-refractivity contribution in [2.45, 2.75) is 19.3 Å². The largest absolute Gasteiger partial charge is 0.368 e. The lowest BCUT2D eigenvalue weighted by atomic mass is 10.3. The third-order valence-corrected chi connectivity index (χ3v) is 3.03. The number of nitrogens with zero attached hydrogens (tertiary/aromatic N) is 3. The molecule has 2 heterocycles. The molecule has 0 saturated carbocycles. The van der Waals surface area contributed by atoms with Gasteiger partial charge in [0.2, 0.25) is 5.91 Å². The maximum atomic E-state index is 11.7. The second-order valence-corrected chi connectivity index (χ2v) is 4.39. The van der Waals surface area contributed by atoms with Crippen molar-refractivity contribution in [3.63, 3.8) is 0 Å². The highest BCUT2D eigenvalue weighted by Crippen LogP contribution is 2.16. The molecule has 0 atom stereocenters. The lowest BCUT2D eigenvalue weighted by molar-refractivity contribution is -0.129. The lowest BCUT2D eigenvalue weighted by Crippen LogP contribution is -2.29. The fraction of sp³-hybridized carbons (Fsp3) is 0.545. The average Bonchev–Trinajstić information content (AvgIpc) is 2.85. The Morgan fingerprint density at radius 2 is 2.24 bits per heavy atom. The van der Waals surface area contributed by atoms with Gasteiger partial charge in [0.15, 0.2) is 0 Å². The molecule has 1 aliphatic rings. The van der Waals surface area contributed by atoms with E-state index in [1.165, 1.54) is 12.5 Å². The quantitative estimate of drug-likeness (QED) is 0.886. The Morgan fingerprint density at radius 1 is 1.47 bits per heavy atom. The average molecular weight is 255 g/mol. The summed E-state index contributed by atoms with van der Waals surface area (Å²) in [6, 6.07) is 0. The third-order valence-electron chi connectivity index (χ3n) is 2.76. The highest BCUT2D eigenvalue weighted by molar-refractivity contribution is 6.32. The first-order valence-corrected chi connectivity index (χ1v) is 6.12. The highest BCUT2D eigenvalue weighted by atomic mass is 35.5. The Morgan fingerprint density at radius 3 is 2.94 bits per heavy atom. The van der Waals surface area contributed by atoms with Crippen LogP contribution in [0.3, 0.4) is 0 Å². The van der Waals surface area contributed by atoms with Gasteiger partial charge in [-0.2, -0.15) is 0 Å². The molecule has 0 bridgehead atoms. The van der Waals surface area contributed by atoms with E-state index in [4.69, 9.17) is 11.6 Å². The van der Waals surface area contributed by atoms with Crippen LogP contribution in [-0.4, -0.2) is 40.4 Å². The second kappa shape index (κ2) is 5.82. The molecule has 0 unspecified atom stereocenters. The summed E-state index contributed by atoms with van der Waals surface area (Å²) >= 11 is 5.88. The van der Waals surface area contributed by atoms with E-state index in [0.29, 0.717) is 23.8 Å². The normalized spacial score (nSPS) is 15.0. The van der Waals surface area contributed by atoms with Crippen LogP contribution in [0.15, 0.2) is 12.5 Å². The van der Waals surface area contributed by atoms with E-state index in [9.17, 15) is 4.79 Å². The van der Waals surface area contributed by atoms with Gasteiger partial charge in [-0.05, 0) is 12.8 Å². The molecule has 2 rings (SSSR count). The monoisotopic (exact) mass is 254 g/mol. The fourth-order valence-corrected chi connectivity index (χ4v) is 2.03. The maximum Gasteiger partial charge on any atom is 0.224 e. The standard InChI is InChI=1S/C11H15ClN4O/c12-9-7-13-8-15-11(9)14-4-3-10(17)16-5-1-2-6-16/h7-8H,1-6H2,(H,13,14,15). The molecular weight excluding hydrogens is 240 g/mol. The Balaban J connectivity index is 1.76. The minimum Gasteiger partial charge on any atom is -0.368 e. The highest BCUT2D eigenvalue weighted by Gasteiger charge is 2.17. The number of hydrogen-bond acceptors (Lipinski definition) is 4. The van der Waals surface area contributed by atoms with E-state index in [1.807, 2.05) is 4.90 Å². The van der Waals surface area contributed by atoms with Crippen LogP contribution in [0.2, 0.25) is 5.02 Å². The lowest BCUT2D eigenvalue weighted by Gasteiger charge is -2.15. The topological polar surface area (TPSA) is 58.1 Å². The first kappa shape index (κ1) is 12.1. The summed E-state index contributed by atoms with van der Waals surface area (Å²) in [5.41, 5.74) is 0. The van der Waals surface area contributed by atoms with Crippen LogP contribution in [0.4, 0.5) is 5.82 Å². The molecule has 0 aliphatic carbocycles. The molecule has 1 saturated heterocycles. The molecular formula is C11H15ClN4O. The minimum atomic E-state index is 0.195. The first-order valence-electron chi connectivity index (χ1n) is 5.74.